The van der Waals surface area contributed by atoms with Gasteiger partial charge in [0.15, 0.2) is 5.71 Å². The molecule has 37 heavy (non-hydrogen) atoms. The Hall–Kier alpha value is -4.53. The van der Waals surface area contributed by atoms with Gasteiger partial charge in [0.2, 0.25) is 0 Å². The van der Waals surface area contributed by atoms with E-state index in [1.54, 1.807) is 45.6 Å². The van der Waals surface area contributed by atoms with E-state index in [0.717, 1.165) is 16.7 Å². The first-order chi connectivity index (χ1) is 17.9. The summed E-state index contributed by atoms with van der Waals surface area (Å²) in [7, 11) is 7.36. The minimum Gasteiger partial charge on any atom is -0.497 e. The maximum atomic E-state index is 13.1. The van der Waals surface area contributed by atoms with Crippen molar-refractivity contribution in [1.82, 2.24) is 5.32 Å². The van der Waals surface area contributed by atoms with Crippen molar-refractivity contribution in [2.75, 3.05) is 35.5 Å². The van der Waals surface area contributed by atoms with Gasteiger partial charge in [0.1, 0.15) is 30.4 Å². The Morgan fingerprint density at radius 2 is 1.43 bits per heavy atom. The van der Waals surface area contributed by atoms with Crippen LogP contribution in [0.3, 0.4) is 0 Å². The largest absolute Gasteiger partial charge is 0.497 e. The molecule has 1 atom stereocenters. The molecule has 0 saturated heterocycles. The van der Waals surface area contributed by atoms with Crippen LogP contribution >= 0.6 is 0 Å². The van der Waals surface area contributed by atoms with E-state index in [0.29, 0.717) is 22.8 Å². The molecule has 9 nitrogen and oxygen atoms in total. The third-order valence-corrected chi connectivity index (χ3v) is 5.66. The lowest BCUT2D eigenvalue weighted by molar-refractivity contribution is -0.144. The van der Waals surface area contributed by atoms with Crippen molar-refractivity contribution >= 4 is 17.6 Å². The predicted molar refractivity (Wildman–Crippen MR) is 139 cm³/mol. The van der Waals surface area contributed by atoms with E-state index < -0.39 is 17.9 Å². The highest BCUT2D eigenvalue weighted by atomic mass is 16.6. The highest BCUT2D eigenvalue weighted by Gasteiger charge is 2.26. The standard InChI is InChI=1S/C28H30N2O7/c1-33-21-15-13-20(14-16-21)26(30-37-5)27(31)29-22(28(32)36-4)17-18-9-11-19(12-10-18)25-23(34-2)7-6-8-24(25)35-3/h6-16,22H,17H2,1-5H3,(H,29,31)/t22-/m0/s1. The topological polar surface area (TPSA) is 105 Å². The van der Waals surface area contributed by atoms with Gasteiger partial charge in [0, 0.05) is 12.0 Å². The summed E-state index contributed by atoms with van der Waals surface area (Å²) in [4.78, 5) is 30.5. The summed E-state index contributed by atoms with van der Waals surface area (Å²) in [5.41, 5.74) is 3.02. The quantitative estimate of drug-likeness (QED) is 0.241. The average Bonchev–Trinajstić information content (AvgIpc) is 2.95. The van der Waals surface area contributed by atoms with Gasteiger partial charge in [-0.1, -0.05) is 35.5 Å². The first-order valence-corrected chi connectivity index (χ1v) is 11.4. The highest BCUT2D eigenvalue weighted by molar-refractivity contribution is 6.45. The molecule has 0 aliphatic carbocycles. The van der Waals surface area contributed by atoms with E-state index in [1.807, 2.05) is 42.5 Å². The van der Waals surface area contributed by atoms with E-state index in [4.69, 9.17) is 23.8 Å². The summed E-state index contributed by atoms with van der Waals surface area (Å²) in [6, 6.07) is 18.9. The van der Waals surface area contributed by atoms with E-state index in [2.05, 4.69) is 10.5 Å². The Morgan fingerprint density at radius 3 is 1.95 bits per heavy atom. The average molecular weight is 507 g/mol. The van der Waals surface area contributed by atoms with Crippen molar-refractivity contribution in [2.24, 2.45) is 5.16 Å². The molecule has 1 amide bonds. The minimum atomic E-state index is -0.954. The lowest BCUT2D eigenvalue weighted by atomic mass is 9.99. The van der Waals surface area contributed by atoms with Crippen molar-refractivity contribution in [3.05, 3.63) is 77.9 Å². The van der Waals surface area contributed by atoms with Gasteiger partial charge in [-0.2, -0.15) is 0 Å². The van der Waals surface area contributed by atoms with Crippen molar-refractivity contribution in [1.29, 1.82) is 0 Å². The number of amides is 1. The van der Waals surface area contributed by atoms with Crippen LogP contribution in [0, 0.1) is 0 Å². The molecule has 3 aromatic carbocycles. The second kappa shape index (κ2) is 13.0. The van der Waals surface area contributed by atoms with Crippen LogP contribution in [0.2, 0.25) is 0 Å². The molecule has 0 fully saturated rings. The molecule has 3 aromatic rings. The SMILES string of the molecule is CON=C(C(=O)N[C@@H](Cc1ccc(-c2c(OC)cccc2OC)cc1)C(=O)OC)c1ccc(OC)cc1. The van der Waals surface area contributed by atoms with Crippen molar-refractivity contribution in [3.63, 3.8) is 0 Å². The third-order valence-electron chi connectivity index (χ3n) is 5.66. The fraction of sp³-hybridized carbons (Fsp3) is 0.250. The van der Waals surface area contributed by atoms with Gasteiger partial charge >= 0.3 is 5.97 Å². The van der Waals surface area contributed by atoms with E-state index in [1.165, 1.54) is 14.2 Å². The third kappa shape index (κ3) is 6.58. The number of benzene rings is 3. The summed E-state index contributed by atoms with van der Waals surface area (Å²) >= 11 is 0. The summed E-state index contributed by atoms with van der Waals surface area (Å²) in [5, 5.41) is 6.58. The van der Waals surface area contributed by atoms with Crippen LogP contribution in [0.25, 0.3) is 11.1 Å². The van der Waals surface area contributed by atoms with Crippen molar-refractivity contribution in [3.8, 4) is 28.4 Å². The molecule has 0 spiro atoms. The van der Waals surface area contributed by atoms with Crippen LogP contribution in [-0.4, -0.2) is 59.2 Å². The lowest BCUT2D eigenvalue weighted by Crippen LogP contribution is -2.46. The van der Waals surface area contributed by atoms with Crippen molar-refractivity contribution in [2.45, 2.75) is 12.5 Å². The fourth-order valence-electron chi connectivity index (χ4n) is 3.81. The van der Waals surface area contributed by atoms with Gasteiger partial charge < -0.3 is 29.1 Å². The molecule has 0 aliphatic heterocycles. The second-order valence-corrected chi connectivity index (χ2v) is 7.84. The number of esters is 1. The van der Waals surface area contributed by atoms with Crippen LogP contribution in [0.5, 0.6) is 17.2 Å². The number of carbonyl (C=O) groups excluding carboxylic acids is 2. The summed E-state index contributed by atoms with van der Waals surface area (Å²) in [6.45, 7) is 0. The summed E-state index contributed by atoms with van der Waals surface area (Å²) < 4.78 is 21.1. The molecular weight excluding hydrogens is 476 g/mol. The molecule has 0 unspecified atom stereocenters. The fourth-order valence-corrected chi connectivity index (χ4v) is 3.81. The maximum Gasteiger partial charge on any atom is 0.328 e. The Balaban J connectivity index is 1.83. The first-order valence-electron chi connectivity index (χ1n) is 11.4. The second-order valence-electron chi connectivity index (χ2n) is 7.84. The number of hydrogen-bond acceptors (Lipinski definition) is 8. The minimum absolute atomic E-state index is 0.0117. The molecule has 3 rings (SSSR count). The first kappa shape index (κ1) is 27.1. The molecule has 9 heteroatoms. The Kier molecular flexibility index (Phi) is 9.48. The summed E-state index contributed by atoms with van der Waals surface area (Å²) in [5.74, 6) is 0.807. The normalized spacial score (nSPS) is 11.8. The van der Waals surface area contributed by atoms with Gasteiger partial charge in [0.05, 0.1) is 34.0 Å². The molecular formula is C28H30N2O7. The van der Waals surface area contributed by atoms with E-state index >= 15 is 0 Å². The monoisotopic (exact) mass is 506 g/mol. The number of nitrogens with zero attached hydrogens (tertiary/aromatic N) is 1. The zero-order valence-corrected chi connectivity index (χ0v) is 21.4. The predicted octanol–water partition coefficient (Wildman–Crippen LogP) is 3.63. The smallest absolute Gasteiger partial charge is 0.328 e. The molecule has 0 aliphatic rings. The molecule has 0 aromatic heterocycles. The van der Waals surface area contributed by atoms with Gasteiger partial charge in [-0.05, 0) is 47.5 Å². The van der Waals surface area contributed by atoms with Crippen LogP contribution in [-0.2, 0) is 25.6 Å². The number of hydrogen-bond donors (Lipinski definition) is 1. The highest BCUT2D eigenvalue weighted by Crippen LogP contribution is 2.38. The molecule has 1 N–H and O–H groups in total. The molecule has 0 radical (unpaired) electrons. The molecule has 194 valence electrons. The van der Waals surface area contributed by atoms with E-state index in [-0.39, 0.29) is 12.1 Å². The zero-order chi connectivity index (χ0) is 26.8. The van der Waals surface area contributed by atoms with Gasteiger partial charge in [-0.3, -0.25) is 4.79 Å². The number of nitrogens with one attached hydrogen (secondary N) is 1. The molecule has 0 saturated carbocycles. The number of methoxy groups -OCH3 is 4. The number of oxime groups is 1. The molecule has 0 heterocycles. The van der Waals surface area contributed by atoms with Crippen LogP contribution in [0.1, 0.15) is 11.1 Å². The van der Waals surface area contributed by atoms with E-state index in [9.17, 15) is 9.59 Å². The van der Waals surface area contributed by atoms with Gasteiger partial charge in [0.25, 0.3) is 5.91 Å². The summed E-state index contributed by atoms with van der Waals surface area (Å²) in [6.07, 6.45) is 0.199. The number of carbonyl (C=O) groups is 2. The van der Waals surface area contributed by atoms with Gasteiger partial charge in [-0.15, -0.1) is 0 Å². The zero-order valence-electron chi connectivity index (χ0n) is 21.4. The maximum absolute atomic E-state index is 13.1. The lowest BCUT2D eigenvalue weighted by Gasteiger charge is -2.18. The van der Waals surface area contributed by atoms with Crippen LogP contribution in [0.4, 0.5) is 0 Å². The Labute approximate surface area is 215 Å². The Bertz CT molecular complexity index is 1220. The van der Waals surface area contributed by atoms with Crippen LogP contribution < -0.4 is 19.5 Å². The Morgan fingerprint density at radius 1 is 0.811 bits per heavy atom. The van der Waals surface area contributed by atoms with Gasteiger partial charge in [-0.25, -0.2) is 4.79 Å². The van der Waals surface area contributed by atoms with Crippen molar-refractivity contribution < 1.29 is 33.4 Å². The molecule has 0 bridgehead atoms. The number of rotatable bonds is 11. The van der Waals surface area contributed by atoms with Crippen LogP contribution in [0.15, 0.2) is 71.9 Å². The number of ether oxygens (including phenoxy) is 4.